The van der Waals surface area contributed by atoms with Crippen LogP contribution >= 0.6 is 27.5 Å². The fourth-order valence-corrected chi connectivity index (χ4v) is 1.97. The number of hydrogen-bond acceptors (Lipinski definition) is 2. The minimum absolute atomic E-state index is 0.0186. The molecule has 0 aliphatic heterocycles. The van der Waals surface area contributed by atoms with Crippen molar-refractivity contribution in [3.05, 3.63) is 51.2 Å². The molecular formula is C13H11BrClFN2. The average molecular weight is 330 g/mol. The first-order valence-corrected chi connectivity index (χ1v) is 6.42. The topological polar surface area (TPSA) is 38.0 Å². The number of nitrogen functional groups attached to an aromatic ring is 1. The van der Waals surface area contributed by atoms with Gasteiger partial charge in [0.2, 0.25) is 0 Å². The van der Waals surface area contributed by atoms with Gasteiger partial charge in [-0.2, -0.15) is 0 Å². The Labute approximate surface area is 118 Å². The lowest BCUT2D eigenvalue weighted by molar-refractivity contribution is 0.629. The van der Waals surface area contributed by atoms with E-state index in [1.54, 1.807) is 0 Å². The molecule has 0 radical (unpaired) electrons. The van der Waals surface area contributed by atoms with Crippen molar-refractivity contribution in [3.8, 4) is 0 Å². The molecule has 0 unspecified atom stereocenters. The molecule has 0 fully saturated rings. The van der Waals surface area contributed by atoms with Crippen molar-refractivity contribution in [2.24, 2.45) is 0 Å². The first kappa shape index (κ1) is 13.2. The van der Waals surface area contributed by atoms with E-state index in [-0.39, 0.29) is 5.02 Å². The van der Waals surface area contributed by atoms with E-state index in [0.717, 1.165) is 15.7 Å². The molecule has 2 nitrogen and oxygen atoms in total. The van der Waals surface area contributed by atoms with Gasteiger partial charge in [-0.3, -0.25) is 0 Å². The minimum Gasteiger partial charge on any atom is -0.397 e. The summed E-state index contributed by atoms with van der Waals surface area (Å²) in [5, 5.41) is 3.08. The number of nitrogens with two attached hydrogens (primary N) is 1. The molecule has 0 heterocycles. The van der Waals surface area contributed by atoms with Crippen LogP contribution in [0.4, 0.5) is 21.5 Å². The highest BCUT2D eigenvalue weighted by molar-refractivity contribution is 9.10. The molecule has 2 aromatic rings. The maximum atomic E-state index is 13.4. The minimum atomic E-state index is -0.498. The van der Waals surface area contributed by atoms with Gasteiger partial charge in [-0.1, -0.05) is 27.5 Å². The third-order valence-electron chi connectivity index (χ3n) is 2.53. The van der Waals surface area contributed by atoms with E-state index >= 15 is 0 Å². The Kier molecular flexibility index (Phi) is 3.78. The van der Waals surface area contributed by atoms with Gasteiger partial charge >= 0.3 is 0 Å². The highest BCUT2D eigenvalue weighted by Crippen LogP contribution is 2.29. The predicted octanol–water partition coefficient (Wildman–Crippen LogP) is 4.88. The van der Waals surface area contributed by atoms with Gasteiger partial charge in [0.1, 0.15) is 5.82 Å². The van der Waals surface area contributed by atoms with Gasteiger partial charge < -0.3 is 11.1 Å². The van der Waals surface area contributed by atoms with Crippen LogP contribution in [0.3, 0.4) is 0 Å². The summed E-state index contributed by atoms with van der Waals surface area (Å²) in [4.78, 5) is 0. The van der Waals surface area contributed by atoms with Crippen molar-refractivity contribution in [1.82, 2.24) is 0 Å². The SMILES string of the molecule is Cc1cc(Nc2cc(F)c(Cl)cc2N)ccc1Br. The summed E-state index contributed by atoms with van der Waals surface area (Å²) >= 11 is 9.07. The van der Waals surface area contributed by atoms with Crippen LogP contribution < -0.4 is 11.1 Å². The van der Waals surface area contributed by atoms with E-state index in [9.17, 15) is 4.39 Å². The van der Waals surface area contributed by atoms with Crippen LogP contribution in [0.25, 0.3) is 0 Å². The first-order chi connectivity index (χ1) is 8.47. The maximum Gasteiger partial charge on any atom is 0.144 e. The molecule has 0 atom stereocenters. The Morgan fingerprint density at radius 1 is 1.28 bits per heavy atom. The van der Waals surface area contributed by atoms with Crippen LogP contribution in [0.1, 0.15) is 5.56 Å². The lowest BCUT2D eigenvalue weighted by Crippen LogP contribution is -1.98. The van der Waals surface area contributed by atoms with Gasteiger partial charge in [0.05, 0.1) is 16.4 Å². The van der Waals surface area contributed by atoms with Crippen molar-refractivity contribution < 1.29 is 4.39 Å². The Balaban J connectivity index is 2.34. The van der Waals surface area contributed by atoms with Gasteiger partial charge in [-0.15, -0.1) is 0 Å². The molecule has 94 valence electrons. The van der Waals surface area contributed by atoms with E-state index < -0.39 is 5.82 Å². The lowest BCUT2D eigenvalue weighted by atomic mass is 10.2. The molecule has 0 amide bonds. The van der Waals surface area contributed by atoms with Crippen LogP contribution in [0, 0.1) is 12.7 Å². The van der Waals surface area contributed by atoms with Gasteiger partial charge in [0.15, 0.2) is 0 Å². The standard InChI is InChI=1S/C13H11BrClFN2/c1-7-4-8(2-3-9(7)14)18-13-6-11(16)10(15)5-12(13)17/h2-6,18H,17H2,1H3. The molecule has 0 bridgehead atoms. The zero-order valence-electron chi connectivity index (χ0n) is 9.60. The van der Waals surface area contributed by atoms with E-state index in [1.807, 2.05) is 25.1 Å². The monoisotopic (exact) mass is 328 g/mol. The van der Waals surface area contributed by atoms with Crippen LogP contribution in [0.2, 0.25) is 5.02 Å². The van der Waals surface area contributed by atoms with Crippen LogP contribution in [-0.4, -0.2) is 0 Å². The third-order valence-corrected chi connectivity index (χ3v) is 3.71. The molecule has 0 saturated heterocycles. The quantitative estimate of drug-likeness (QED) is 0.771. The second-order valence-corrected chi connectivity index (χ2v) is 5.20. The molecule has 0 aliphatic carbocycles. The second-order valence-electron chi connectivity index (χ2n) is 3.94. The summed E-state index contributed by atoms with van der Waals surface area (Å²) in [5.41, 5.74) is 8.60. The first-order valence-electron chi connectivity index (χ1n) is 5.25. The largest absolute Gasteiger partial charge is 0.397 e. The number of anilines is 3. The maximum absolute atomic E-state index is 13.4. The van der Waals surface area contributed by atoms with Gasteiger partial charge in [0.25, 0.3) is 0 Å². The number of halogens is 3. The Morgan fingerprint density at radius 2 is 2.00 bits per heavy atom. The molecule has 0 aromatic heterocycles. The van der Waals surface area contributed by atoms with Crippen molar-refractivity contribution in [3.63, 3.8) is 0 Å². The van der Waals surface area contributed by atoms with E-state index in [4.69, 9.17) is 17.3 Å². The zero-order chi connectivity index (χ0) is 13.3. The van der Waals surface area contributed by atoms with Crippen LogP contribution in [-0.2, 0) is 0 Å². The lowest BCUT2D eigenvalue weighted by Gasteiger charge is -2.11. The Morgan fingerprint density at radius 3 is 2.67 bits per heavy atom. The van der Waals surface area contributed by atoms with Gasteiger partial charge in [0, 0.05) is 16.2 Å². The highest BCUT2D eigenvalue weighted by atomic mass is 79.9. The molecule has 0 saturated carbocycles. The number of aryl methyl sites for hydroxylation is 1. The van der Waals surface area contributed by atoms with E-state index in [2.05, 4.69) is 21.2 Å². The number of benzene rings is 2. The average Bonchev–Trinajstić information content (AvgIpc) is 2.31. The summed E-state index contributed by atoms with van der Waals surface area (Å²) in [6.45, 7) is 1.97. The summed E-state index contributed by atoms with van der Waals surface area (Å²) in [6.07, 6.45) is 0. The van der Waals surface area contributed by atoms with Crippen molar-refractivity contribution in [2.75, 3.05) is 11.1 Å². The summed E-state index contributed by atoms with van der Waals surface area (Å²) in [7, 11) is 0. The van der Waals surface area contributed by atoms with Crippen molar-refractivity contribution in [1.29, 1.82) is 0 Å². The highest BCUT2D eigenvalue weighted by Gasteiger charge is 2.07. The fourth-order valence-electron chi connectivity index (χ4n) is 1.55. The normalized spacial score (nSPS) is 10.4. The summed E-state index contributed by atoms with van der Waals surface area (Å²) in [5.74, 6) is -0.498. The van der Waals surface area contributed by atoms with Crippen molar-refractivity contribution >= 4 is 44.6 Å². The molecule has 2 aromatic carbocycles. The van der Waals surface area contributed by atoms with Crippen molar-refractivity contribution in [2.45, 2.75) is 6.92 Å². The molecule has 0 spiro atoms. The Hall–Kier alpha value is -1.26. The van der Waals surface area contributed by atoms with Gasteiger partial charge in [-0.25, -0.2) is 4.39 Å². The van der Waals surface area contributed by atoms with Crippen LogP contribution in [0.15, 0.2) is 34.8 Å². The predicted molar refractivity (Wildman–Crippen MR) is 78.0 cm³/mol. The summed E-state index contributed by atoms with van der Waals surface area (Å²) < 4.78 is 14.4. The number of hydrogen-bond donors (Lipinski definition) is 2. The Bertz CT molecular complexity index is 602. The molecular weight excluding hydrogens is 319 g/mol. The molecule has 0 aliphatic rings. The molecule has 3 N–H and O–H groups in total. The molecule has 2 rings (SSSR count). The zero-order valence-corrected chi connectivity index (χ0v) is 11.9. The fraction of sp³-hybridized carbons (Fsp3) is 0.0769. The number of rotatable bonds is 2. The third kappa shape index (κ3) is 2.76. The van der Waals surface area contributed by atoms with E-state index in [0.29, 0.717) is 11.4 Å². The molecule has 18 heavy (non-hydrogen) atoms. The van der Waals surface area contributed by atoms with E-state index in [1.165, 1.54) is 12.1 Å². The second kappa shape index (κ2) is 5.16. The summed E-state index contributed by atoms with van der Waals surface area (Å²) in [6, 6.07) is 8.42. The number of nitrogens with one attached hydrogen (secondary N) is 1. The molecule has 5 heteroatoms. The van der Waals surface area contributed by atoms with Gasteiger partial charge in [-0.05, 0) is 36.8 Å². The van der Waals surface area contributed by atoms with Crippen LogP contribution in [0.5, 0.6) is 0 Å². The smallest absolute Gasteiger partial charge is 0.144 e.